The van der Waals surface area contributed by atoms with Crippen molar-refractivity contribution in [2.45, 2.75) is 211 Å². The van der Waals surface area contributed by atoms with E-state index in [4.69, 9.17) is 49.3 Å². The minimum Gasteiger partial charge on any atom is -0.465 e. The molecule has 30 nitrogen and oxygen atoms in total. The molecule has 642 valence electrons. The van der Waals surface area contributed by atoms with Gasteiger partial charge in [-0.1, -0.05) is 122 Å². The van der Waals surface area contributed by atoms with Crippen LogP contribution in [-0.4, -0.2) is 193 Å². The molecule has 11 aromatic rings. The number of esters is 1. The Hall–Kier alpha value is -7.59. The number of imidazole rings is 4. The zero-order valence-corrected chi connectivity index (χ0v) is 74.5. The van der Waals surface area contributed by atoms with Gasteiger partial charge in [0.05, 0.1) is 97.6 Å². The Bertz CT molecular complexity index is 4790. The van der Waals surface area contributed by atoms with Crippen LogP contribution in [0, 0.1) is 47.0 Å². The summed E-state index contributed by atoms with van der Waals surface area (Å²) in [7, 11) is -11.8. The van der Waals surface area contributed by atoms with Gasteiger partial charge in [-0.05, 0) is 167 Å². The van der Waals surface area contributed by atoms with Crippen molar-refractivity contribution in [3.8, 4) is 0 Å². The third-order valence-electron chi connectivity index (χ3n) is 18.1. The topological polar surface area (TPSA) is 387 Å². The van der Waals surface area contributed by atoms with E-state index in [0.29, 0.717) is 67.5 Å². The van der Waals surface area contributed by atoms with E-state index in [9.17, 15) is 27.4 Å². The van der Waals surface area contributed by atoms with Crippen LogP contribution in [0.2, 0.25) is 23.3 Å². The van der Waals surface area contributed by atoms with Crippen LogP contribution in [0.4, 0.5) is 0 Å². The number of halogens is 1. The SMILES string of the molecule is C.C.CC(C)(C)C(=O)OCCC(CO[Si](C)(C)C(C)(C)C)n1cnc2c(Cl)ncnc21.CCC(CCO)n1cnc2c(C)ncnc21.CCC(CCOCP(=O)(O)O)n1cnc2c(C)ncnc21.CCCOS(=O)(=O)c1ccc(C)cc1.Cc1ccccc1.Cc1ccsc1.Cc1ncnc2c1ncn2C(CO)CCOCP(C)(C)=O. The Balaban J connectivity index is 0.000000364. The number of rotatable bonds is 29. The lowest BCUT2D eigenvalue weighted by molar-refractivity contribution is -0.153. The molecule has 116 heavy (non-hydrogen) atoms. The summed E-state index contributed by atoms with van der Waals surface area (Å²) in [5.74, 6) is -0.220. The van der Waals surface area contributed by atoms with Gasteiger partial charge in [-0.2, -0.15) is 19.8 Å². The zero-order chi connectivity index (χ0) is 84.6. The maximum absolute atomic E-state index is 12.1. The summed E-state index contributed by atoms with van der Waals surface area (Å²) in [6, 6.07) is 19.1. The van der Waals surface area contributed by atoms with Gasteiger partial charge in [-0.15, -0.1) is 0 Å². The molecule has 0 aliphatic heterocycles. The molecule has 0 bridgehead atoms. The molecular weight excluding hydrogens is 1600 g/mol. The fourth-order valence-corrected chi connectivity index (χ4v) is 14.2. The number of aryl methyl sites for hydroxylation is 6. The van der Waals surface area contributed by atoms with Gasteiger partial charge in [-0.3, -0.25) is 13.5 Å². The number of hydrogen-bond donors (Lipinski definition) is 4. The van der Waals surface area contributed by atoms with Crippen molar-refractivity contribution in [2.75, 3.05) is 72.3 Å². The number of benzene rings is 2. The van der Waals surface area contributed by atoms with Crippen LogP contribution < -0.4 is 0 Å². The van der Waals surface area contributed by atoms with Crippen LogP contribution in [0.3, 0.4) is 0 Å². The summed E-state index contributed by atoms with van der Waals surface area (Å²) in [6.07, 6.45) is 17.6. The normalized spacial score (nSPS) is 12.7. The summed E-state index contributed by atoms with van der Waals surface area (Å²) in [4.78, 5) is 80.6. The number of carbonyl (C=O) groups is 1. The number of aromatic nitrogens is 16. The summed E-state index contributed by atoms with van der Waals surface area (Å²) in [6.45, 7) is 39.6. The Kier molecular flexibility index (Phi) is 43.4. The summed E-state index contributed by atoms with van der Waals surface area (Å²) in [5, 5.41) is 23.2. The molecule has 0 saturated heterocycles. The first-order valence-corrected chi connectivity index (χ1v) is 47.9. The van der Waals surface area contributed by atoms with E-state index in [0.717, 1.165) is 69.8 Å². The van der Waals surface area contributed by atoms with Gasteiger partial charge in [0.15, 0.2) is 36.1 Å². The first-order chi connectivity index (χ1) is 53.7. The van der Waals surface area contributed by atoms with Crippen molar-refractivity contribution < 1.29 is 65.2 Å². The average Bonchev–Trinajstić information content (AvgIpc) is 1.66. The van der Waals surface area contributed by atoms with Crippen molar-refractivity contribution in [1.82, 2.24) is 78.1 Å². The molecule has 2 aromatic carbocycles. The Labute approximate surface area is 695 Å². The van der Waals surface area contributed by atoms with Crippen molar-refractivity contribution in [3.05, 3.63) is 161 Å². The van der Waals surface area contributed by atoms with Crippen molar-refractivity contribution >= 4 is 107 Å². The van der Waals surface area contributed by atoms with Gasteiger partial charge in [0.1, 0.15) is 60.9 Å². The molecule has 4 unspecified atom stereocenters. The molecule has 36 heteroatoms. The number of ether oxygens (including phenoxy) is 3. The van der Waals surface area contributed by atoms with E-state index in [1.54, 1.807) is 80.6 Å². The third kappa shape index (κ3) is 33.3. The number of hydrogen-bond acceptors (Lipinski definition) is 25. The second kappa shape index (κ2) is 49.1. The first-order valence-electron chi connectivity index (χ1n) is 37.7. The highest BCUT2D eigenvalue weighted by Gasteiger charge is 2.38. The Morgan fingerprint density at radius 1 is 0.552 bits per heavy atom. The molecule has 0 fully saturated rings. The van der Waals surface area contributed by atoms with E-state index < -0.39 is 44.9 Å². The number of nitrogens with zero attached hydrogens (tertiary/aromatic N) is 16. The predicted molar refractivity (Wildman–Crippen MR) is 465 cm³/mol. The van der Waals surface area contributed by atoms with E-state index in [2.05, 4.69) is 143 Å². The number of fused-ring (bicyclic) bond motifs is 4. The molecule has 0 aliphatic rings. The van der Waals surface area contributed by atoms with Crippen LogP contribution in [0.15, 0.2) is 127 Å². The molecule has 9 heterocycles. The highest BCUT2D eigenvalue weighted by atomic mass is 35.5. The predicted octanol–water partition coefficient (Wildman–Crippen LogP) is 17.2. The minimum absolute atomic E-state index is 0. The highest BCUT2D eigenvalue weighted by molar-refractivity contribution is 7.86. The van der Waals surface area contributed by atoms with Crippen molar-refractivity contribution in [1.29, 1.82) is 0 Å². The second-order valence-corrected chi connectivity index (χ2v) is 42.7. The third-order valence-corrected chi connectivity index (χ3v) is 26.3. The van der Waals surface area contributed by atoms with E-state index in [1.165, 1.54) is 30.1 Å². The quantitative estimate of drug-likeness (QED) is 0.00844. The number of carbonyl (C=O) groups excluding carboxylic acids is 1. The van der Waals surface area contributed by atoms with Gasteiger partial charge < -0.3 is 61.5 Å². The van der Waals surface area contributed by atoms with Gasteiger partial charge in [-0.25, -0.2) is 59.8 Å². The van der Waals surface area contributed by atoms with Crippen LogP contribution in [0.25, 0.3) is 44.7 Å². The Morgan fingerprint density at radius 3 is 1.38 bits per heavy atom. The fourth-order valence-electron chi connectivity index (χ4n) is 10.4. The molecule has 0 amide bonds. The molecule has 4 atom stereocenters. The first kappa shape index (κ1) is 103. The molecule has 0 spiro atoms. The maximum atomic E-state index is 12.1. The van der Waals surface area contributed by atoms with Gasteiger partial charge in [0.2, 0.25) is 0 Å². The lowest BCUT2D eigenvalue weighted by Crippen LogP contribution is -2.42. The summed E-state index contributed by atoms with van der Waals surface area (Å²) in [5.41, 5.74) is 11.6. The van der Waals surface area contributed by atoms with Crippen molar-refractivity contribution in [2.24, 2.45) is 5.41 Å². The molecule has 0 saturated carbocycles. The van der Waals surface area contributed by atoms with Crippen molar-refractivity contribution in [3.63, 3.8) is 0 Å². The fraction of sp³-hybridized carbons (Fsp3) is 0.537. The molecule has 0 aliphatic carbocycles. The molecular formula is C80H125ClN16O14P2S2Si. The summed E-state index contributed by atoms with van der Waals surface area (Å²) >= 11 is 7.90. The molecule has 11 rings (SSSR count). The van der Waals surface area contributed by atoms with Gasteiger partial charge >= 0.3 is 13.6 Å². The number of aliphatic hydroxyl groups is 2. The highest BCUT2D eigenvalue weighted by Crippen LogP contribution is 2.39. The lowest BCUT2D eigenvalue weighted by Gasteiger charge is -2.37. The molecule has 4 N–H and O–H groups in total. The van der Waals surface area contributed by atoms with Crippen LogP contribution >= 0.6 is 37.7 Å². The minimum atomic E-state index is -4.10. The van der Waals surface area contributed by atoms with Crippen LogP contribution in [0.1, 0.15) is 180 Å². The van der Waals surface area contributed by atoms with Crippen LogP contribution in [-0.2, 0) is 46.9 Å². The second-order valence-electron chi connectivity index (χ2n) is 30.1. The van der Waals surface area contributed by atoms with E-state index in [1.807, 2.05) is 98.8 Å². The van der Waals surface area contributed by atoms with Crippen LogP contribution in [0.5, 0.6) is 0 Å². The standard InChI is InChI=1S/C20H33ClN4O3Si.C13H21N4O3P.C12H19N4O4P.C11H16N4O.C10H14O3S.C7H8.C5H6S.2CH4/c1-19(2,3)18(26)27-10-9-14(11-28-29(7,8)20(4,5)6)25-13-24-15-16(21)22-12-23-17(15)25;1-10-12-13(15-7-14-10)17(8-16-12)11(6-18)4-5-20-9-21(2,3)19;1-3-10(4-5-20-8-21(17,18)19)16-7-15-11-9(2)13-6-14-12(11)16;1-3-9(4-5-16)15-7-14-10-8(2)12-6-13-11(10)15;1-3-8-13-14(11,12)10-6-4-9(2)5-7-10;1-7-5-3-2-4-6-7;1-5-2-3-6-4-5;;/h12-14H,9-11H2,1-8H3;7-8,11,18H,4-6,9H2,1-3H3;6-7,10H,3-5,8H2,1-2H3,(H2,17,18,19);6-7,9,16H,3-5H2,1-2H3;4-7H,3,8H2,1-2H3;2-6H,1H3;2-4H,1H3;2*1H4. The monoisotopic (exact) mass is 1720 g/mol. The maximum Gasteiger partial charge on any atom is 0.350 e. The van der Waals surface area contributed by atoms with E-state index in [-0.39, 0.29) is 87.7 Å². The van der Waals surface area contributed by atoms with Gasteiger partial charge in [0.25, 0.3) is 10.1 Å². The van der Waals surface area contributed by atoms with E-state index >= 15 is 0 Å². The summed E-state index contributed by atoms with van der Waals surface area (Å²) < 4.78 is 80.2. The molecule has 9 aromatic heterocycles. The zero-order valence-electron chi connectivity index (χ0n) is 69.3. The number of aliphatic hydroxyl groups excluding tert-OH is 2. The largest absolute Gasteiger partial charge is 0.465 e. The smallest absolute Gasteiger partial charge is 0.350 e. The average molecular weight is 1720 g/mol. The van der Waals surface area contributed by atoms with Gasteiger partial charge in [0, 0.05) is 38.3 Å². The molecule has 0 radical (unpaired) electrons. The Morgan fingerprint density at radius 2 is 0.983 bits per heavy atom. The lowest BCUT2D eigenvalue weighted by atomic mass is 9.97. The number of thiophene rings is 1.